The molecule has 2 heterocycles. The Morgan fingerprint density at radius 3 is 2.19 bits per heavy atom. The van der Waals surface area contributed by atoms with E-state index in [-0.39, 0.29) is 11.6 Å². The van der Waals surface area contributed by atoms with E-state index in [4.69, 9.17) is 21.2 Å². The van der Waals surface area contributed by atoms with E-state index in [1.54, 1.807) is 7.11 Å². The molecule has 2 aliphatic rings. The SMILES string of the molecule is CO/N=C(/c1ccc(Cl)cc1)C1CCN(C2(C)CCN(C(=O)OC(C)(C)C)CC2)CC1. The zero-order valence-electron chi connectivity index (χ0n) is 19.5. The second kappa shape index (κ2) is 9.78. The number of hydrogen-bond donors (Lipinski definition) is 0. The van der Waals surface area contributed by atoms with Crippen molar-refractivity contribution in [1.29, 1.82) is 0 Å². The summed E-state index contributed by atoms with van der Waals surface area (Å²) in [5.41, 5.74) is 1.73. The number of likely N-dealkylation sites (tertiary alicyclic amines) is 2. The van der Waals surface area contributed by atoms with Crippen LogP contribution in [0.1, 0.15) is 58.9 Å². The molecule has 0 atom stereocenters. The molecule has 0 aliphatic carbocycles. The molecule has 1 amide bonds. The van der Waals surface area contributed by atoms with E-state index in [1.807, 2.05) is 49.9 Å². The summed E-state index contributed by atoms with van der Waals surface area (Å²) in [5.74, 6) is 0.364. The van der Waals surface area contributed by atoms with Gasteiger partial charge < -0.3 is 14.5 Å². The highest BCUT2D eigenvalue weighted by Crippen LogP contribution is 2.34. The predicted octanol–water partition coefficient (Wildman–Crippen LogP) is 5.19. The molecule has 0 spiro atoms. The first-order valence-corrected chi connectivity index (χ1v) is 11.6. The lowest BCUT2D eigenvalue weighted by Crippen LogP contribution is -2.57. The zero-order valence-corrected chi connectivity index (χ0v) is 20.2. The van der Waals surface area contributed by atoms with Gasteiger partial charge in [-0.25, -0.2) is 4.79 Å². The highest BCUT2D eigenvalue weighted by molar-refractivity contribution is 6.30. The van der Waals surface area contributed by atoms with Gasteiger partial charge in [0.25, 0.3) is 0 Å². The highest BCUT2D eigenvalue weighted by Gasteiger charge is 2.40. The number of benzene rings is 1. The molecular weight excluding hydrogens is 414 g/mol. The van der Waals surface area contributed by atoms with Crippen molar-refractivity contribution in [2.24, 2.45) is 11.1 Å². The fourth-order valence-electron chi connectivity index (χ4n) is 4.59. The van der Waals surface area contributed by atoms with Gasteiger partial charge in [-0.2, -0.15) is 0 Å². The van der Waals surface area contributed by atoms with E-state index in [1.165, 1.54) is 0 Å². The Morgan fingerprint density at radius 2 is 1.68 bits per heavy atom. The first-order chi connectivity index (χ1) is 14.6. The molecule has 1 aromatic rings. The molecule has 1 aromatic carbocycles. The van der Waals surface area contributed by atoms with Crippen LogP contribution in [-0.4, -0.2) is 66.0 Å². The lowest BCUT2D eigenvalue weighted by Gasteiger charge is -2.49. The molecule has 0 saturated carbocycles. The largest absolute Gasteiger partial charge is 0.444 e. The average Bonchev–Trinajstić information content (AvgIpc) is 2.72. The smallest absolute Gasteiger partial charge is 0.410 e. The first-order valence-electron chi connectivity index (χ1n) is 11.2. The van der Waals surface area contributed by atoms with Crippen molar-refractivity contribution in [2.75, 3.05) is 33.3 Å². The van der Waals surface area contributed by atoms with Crippen molar-refractivity contribution in [1.82, 2.24) is 9.80 Å². The molecule has 0 radical (unpaired) electrons. The number of amides is 1. The molecule has 31 heavy (non-hydrogen) atoms. The number of nitrogens with zero attached hydrogens (tertiary/aromatic N) is 3. The topological polar surface area (TPSA) is 54.4 Å². The summed E-state index contributed by atoms with van der Waals surface area (Å²) < 4.78 is 5.54. The summed E-state index contributed by atoms with van der Waals surface area (Å²) in [7, 11) is 1.60. The number of piperidine rings is 2. The fourth-order valence-corrected chi connectivity index (χ4v) is 4.71. The Hall–Kier alpha value is -1.79. The Balaban J connectivity index is 1.57. The van der Waals surface area contributed by atoms with Gasteiger partial charge in [-0.1, -0.05) is 28.9 Å². The summed E-state index contributed by atoms with van der Waals surface area (Å²) >= 11 is 6.05. The minimum Gasteiger partial charge on any atom is -0.444 e. The van der Waals surface area contributed by atoms with Gasteiger partial charge >= 0.3 is 6.09 Å². The zero-order chi connectivity index (χ0) is 22.6. The van der Waals surface area contributed by atoms with Gasteiger partial charge in [0.15, 0.2) is 0 Å². The van der Waals surface area contributed by atoms with E-state index in [9.17, 15) is 4.79 Å². The van der Waals surface area contributed by atoms with Crippen LogP contribution in [0.15, 0.2) is 29.4 Å². The molecule has 0 bridgehead atoms. The third kappa shape index (κ3) is 6.13. The second-order valence-corrected chi connectivity index (χ2v) is 10.3. The van der Waals surface area contributed by atoms with Crippen LogP contribution in [0, 0.1) is 5.92 Å². The van der Waals surface area contributed by atoms with Crippen molar-refractivity contribution in [3.8, 4) is 0 Å². The number of carbonyl (C=O) groups excluding carboxylic acids is 1. The van der Waals surface area contributed by atoms with E-state index < -0.39 is 5.60 Å². The Kier molecular flexibility index (Phi) is 7.53. The summed E-state index contributed by atoms with van der Waals surface area (Å²) in [5, 5.41) is 5.08. The van der Waals surface area contributed by atoms with E-state index in [0.717, 1.165) is 68.2 Å². The van der Waals surface area contributed by atoms with Crippen LogP contribution in [-0.2, 0) is 9.57 Å². The molecule has 2 aliphatic heterocycles. The normalized spacial score (nSPS) is 21.1. The number of rotatable bonds is 4. The molecule has 0 N–H and O–H groups in total. The summed E-state index contributed by atoms with van der Waals surface area (Å²) in [4.78, 5) is 22.0. The monoisotopic (exact) mass is 449 g/mol. The quantitative estimate of drug-likeness (QED) is 0.468. The average molecular weight is 450 g/mol. The van der Waals surface area contributed by atoms with Crippen LogP contribution in [0.5, 0.6) is 0 Å². The molecular formula is C24H36ClN3O3. The Labute approximate surface area is 191 Å². The summed E-state index contributed by atoms with van der Waals surface area (Å²) in [6.07, 6.45) is 3.81. The fraction of sp³-hybridized carbons (Fsp3) is 0.667. The van der Waals surface area contributed by atoms with Crippen LogP contribution in [0.2, 0.25) is 5.02 Å². The van der Waals surface area contributed by atoms with E-state index in [0.29, 0.717) is 5.92 Å². The predicted molar refractivity (Wildman–Crippen MR) is 125 cm³/mol. The van der Waals surface area contributed by atoms with Crippen LogP contribution >= 0.6 is 11.6 Å². The van der Waals surface area contributed by atoms with Crippen molar-refractivity contribution in [3.63, 3.8) is 0 Å². The van der Waals surface area contributed by atoms with Crippen molar-refractivity contribution in [2.45, 2.75) is 64.5 Å². The number of carbonyl (C=O) groups is 1. The maximum atomic E-state index is 12.4. The van der Waals surface area contributed by atoms with Gasteiger partial charge in [0, 0.05) is 29.6 Å². The molecule has 0 aromatic heterocycles. The van der Waals surface area contributed by atoms with Crippen LogP contribution < -0.4 is 0 Å². The molecule has 6 nitrogen and oxygen atoms in total. The third-order valence-electron chi connectivity index (χ3n) is 6.47. The second-order valence-electron chi connectivity index (χ2n) is 9.89. The van der Waals surface area contributed by atoms with Gasteiger partial charge in [-0.05, 0) is 84.2 Å². The summed E-state index contributed by atoms with van der Waals surface area (Å²) in [6.45, 7) is 11.6. The maximum Gasteiger partial charge on any atom is 0.410 e. The minimum atomic E-state index is -0.453. The minimum absolute atomic E-state index is 0.113. The molecule has 0 unspecified atom stereocenters. The molecule has 7 heteroatoms. The van der Waals surface area contributed by atoms with Crippen molar-refractivity contribution >= 4 is 23.4 Å². The highest BCUT2D eigenvalue weighted by atomic mass is 35.5. The maximum absolute atomic E-state index is 12.4. The first kappa shape index (κ1) is 23.9. The third-order valence-corrected chi connectivity index (χ3v) is 6.72. The van der Waals surface area contributed by atoms with Crippen LogP contribution in [0.3, 0.4) is 0 Å². The lowest BCUT2D eigenvalue weighted by molar-refractivity contribution is -0.00825. The van der Waals surface area contributed by atoms with E-state index in [2.05, 4.69) is 17.0 Å². The number of ether oxygens (including phenoxy) is 1. The Morgan fingerprint density at radius 1 is 1.10 bits per heavy atom. The summed E-state index contributed by atoms with van der Waals surface area (Å²) in [6, 6.07) is 7.83. The van der Waals surface area contributed by atoms with Gasteiger partial charge in [0.1, 0.15) is 12.7 Å². The van der Waals surface area contributed by atoms with Crippen molar-refractivity contribution in [3.05, 3.63) is 34.9 Å². The lowest BCUT2D eigenvalue weighted by atomic mass is 9.82. The molecule has 172 valence electrons. The van der Waals surface area contributed by atoms with Gasteiger partial charge in [0.2, 0.25) is 0 Å². The number of oxime groups is 1. The molecule has 2 saturated heterocycles. The van der Waals surface area contributed by atoms with Crippen molar-refractivity contribution < 1.29 is 14.4 Å². The van der Waals surface area contributed by atoms with Gasteiger partial charge in [0.05, 0.1) is 5.71 Å². The Bertz CT molecular complexity index is 772. The van der Waals surface area contributed by atoms with E-state index >= 15 is 0 Å². The molecule has 2 fully saturated rings. The van der Waals surface area contributed by atoms with Gasteiger partial charge in [-0.3, -0.25) is 4.90 Å². The van der Waals surface area contributed by atoms with Crippen LogP contribution in [0.25, 0.3) is 0 Å². The number of hydrogen-bond acceptors (Lipinski definition) is 5. The molecule has 3 rings (SSSR count). The number of halogens is 1. The van der Waals surface area contributed by atoms with Crippen LogP contribution in [0.4, 0.5) is 4.79 Å². The van der Waals surface area contributed by atoms with Gasteiger partial charge in [-0.15, -0.1) is 0 Å². The standard InChI is InChI=1S/C24H36ClN3O3/c1-23(2,3)31-22(29)27-16-12-24(4,13-17-27)28-14-10-19(11-15-28)21(26-30-5)18-6-8-20(25)9-7-18/h6-9,19H,10-17H2,1-5H3/b26-21-.